The molecule has 2 rings (SSSR count). The Morgan fingerprint density at radius 3 is 2.57 bits per heavy atom. The number of anilines is 1. The molecule has 0 spiro atoms. The number of nitrogens with one attached hydrogen (secondary N) is 1. The lowest BCUT2D eigenvalue weighted by atomic mass is 10.1. The summed E-state index contributed by atoms with van der Waals surface area (Å²) in [6.45, 7) is 16.4. The highest BCUT2D eigenvalue weighted by Crippen LogP contribution is 2.28. The fourth-order valence-corrected chi connectivity index (χ4v) is 2.84. The van der Waals surface area contributed by atoms with Crippen molar-refractivity contribution >= 4 is 5.82 Å². The smallest absolute Gasteiger partial charge is 0.131 e. The Kier molecular flexibility index (Phi) is 4.36. The van der Waals surface area contributed by atoms with Crippen molar-refractivity contribution < 1.29 is 4.74 Å². The van der Waals surface area contributed by atoms with Gasteiger partial charge in [-0.15, -0.1) is 0 Å². The summed E-state index contributed by atoms with van der Waals surface area (Å²) in [5.41, 5.74) is 2.40. The number of morpholine rings is 1. The number of hydrogen-bond donors (Lipinski definition) is 1. The number of aryl methyl sites for hydroxylation is 2. The van der Waals surface area contributed by atoms with Crippen LogP contribution in [0.3, 0.4) is 0 Å². The number of ether oxygens (including phenoxy) is 1. The second-order valence-corrected chi connectivity index (χ2v) is 7.64. The molecule has 1 aromatic heterocycles. The lowest BCUT2D eigenvalue weighted by molar-refractivity contribution is -0.0281. The Balaban J connectivity index is 2.26. The summed E-state index contributed by atoms with van der Waals surface area (Å²) in [4.78, 5) is 2.41. The van der Waals surface area contributed by atoms with Crippen LogP contribution in [0.15, 0.2) is 0 Å². The molecule has 1 aliphatic heterocycles. The minimum atomic E-state index is -0.106. The molecule has 0 saturated carbocycles. The van der Waals surface area contributed by atoms with E-state index in [2.05, 4.69) is 56.9 Å². The van der Waals surface area contributed by atoms with Crippen molar-refractivity contribution in [1.82, 2.24) is 15.1 Å². The molecule has 1 saturated heterocycles. The molecule has 0 bridgehead atoms. The first-order valence-corrected chi connectivity index (χ1v) is 7.75. The molecule has 0 amide bonds. The van der Waals surface area contributed by atoms with E-state index in [1.165, 1.54) is 11.4 Å². The van der Waals surface area contributed by atoms with Crippen molar-refractivity contribution in [3.63, 3.8) is 0 Å². The molecule has 5 heteroatoms. The van der Waals surface area contributed by atoms with Gasteiger partial charge in [-0.05, 0) is 41.5 Å². The van der Waals surface area contributed by atoms with Gasteiger partial charge in [-0.1, -0.05) is 0 Å². The SMILES string of the molecule is Cc1nn(C)c(N2CCOC(C)(C)C2)c1CNC(C)(C)C. The molecule has 120 valence electrons. The summed E-state index contributed by atoms with van der Waals surface area (Å²) in [5, 5.41) is 8.21. The van der Waals surface area contributed by atoms with Crippen LogP contribution in [0.2, 0.25) is 0 Å². The van der Waals surface area contributed by atoms with Crippen LogP contribution in [-0.2, 0) is 18.3 Å². The molecule has 0 aromatic carbocycles. The zero-order valence-electron chi connectivity index (χ0n) is 14.6. The lowest BCUT2D eigenvalue weighted by Gasteiger charge is -2.39. The predicted octanol–water partition coefficient (Wildman–Crippen LogP) is 2.23. The fraction of sp³-hybridized carbons (Fsp3) is 0.812. The third-order valence-corrected chi connectivity index (χ3v) is 3.83. The van der Waals surface area contributed by atoms with E-state index in [0.29, 0.717) is 0 Å². The minimum absolute atomic E-state index is 0.101. The summed E-state index contributed by atoms with van der Waals surface area (Å²) in [7, 11) is 2.03. The average Bonchev–Trinajstić information content (AvgIpc) is 2.58. The van der Waals surface area contributed by atoms with Crippen molar-refractivity contribution in [3.05, 3.63) is 11.3 Å². The van der Waals surface area contributed by atoms with Crippen LogP contribution >= 0.6 is 0 Å². The minimum Gasteiger partial charge on any atom is -0.372 e. The Bertz CT molecular complexity index is 499. The Morgan fingerprint density at radius 2 is 2.00 bits per heavy atom. The summed E-state index contributed by atoms with van der Waals surface area (Å²) >= 11 is 0. The summed E-state index contributed by atoms with van der Waals surface area (Å²) in [5.74, 6) is 1.22. The third kappa shape index (κ3) is 3.98. The van der Waals surface area contributed by atoms with Gasteiger partial charge in [0.1, 0.15) is 5.82 Å². The number of hydrogen-bond acceptors (Lipinski definition) is 4. The van der Waals surface area contributed by atoms with Crippen LogP contribution in [-0.4, -0.2) is 40.6 Å². The van der Waals surface area contributed by atoms with Crippen LogP contribution < -0.4 is 10.2 Å². The maximum atomic E-state index is 5.83. The summed E-state index contributed by atoms with van der Waals surface area (Å²) in [6.07, 6.45) is 0. The molecule has 1 aliphatic rings. The van der Waals surface area contributed by atoms with Crippen molar-refractivity contribution in [2.45, 2.75) is 59.2 Å². The zero-order chi connectivity index (χ0) is 15.8. The molecule has 0 radical (unpaired) electrons. The van der Waals surface area contributed by atoms with Gasteiger partial charge in [0.25, 0.3) is 0 Å². The van der Waals surface area contributed by atoms with Gasteiger partial charge in [-0.25, -0.2) is 0 Å². The Morgan fingerprint density at radius 1 is 1.33 bits per heavy atom. The summed E-state index contributed by atoms with van der Waals surface area (Å²) in [6, 6.07) is 0. The van der Waals surface area contributed by atoms with Gasteiger partial charge in [-0.3, -0.25) is 4.68 Å². The number of rotatable bonds is 3. The highest BCUT2D eigenvalue weighted by Gasteiger charge is 2.30. The van der Waals surface area contributed by atoms with Crippen LogP contribution in [0.25, 0.3) is 0 Å². The van der Waals surface area contributed by atoms with Gasteiger partial charge >= 0.3 is 0 Å². The van der Waals surface area contributed by atoms with E-state index in [1.54, 1.807) is 0 Å². The van der Waals surface area contributed by atoms with Gasteiger partial charge in [-0.2, -0.15) is 5.10 Å². The van der Waals surface area contributed by atoms with E-state index in [9.17, 15) is 0 Å². The number of aromatic nitrogens is 2. The van der Waals surface area contributed by atoms with Crippen molar-refractivity contribution in [2.75, 3.05) is 24.6 Å². The van der Waals surface area contributed by atoms with Gasteiger partial charge < -0.3 is 15.0 Å². The maximum Gasteiger partial charge on any atom is 0.131 e. The molecule has 0 unspecified atom stereocenters. The second kappa shape index (κ2) is 5.61. The third-order valence-electron chi connectivity index (χ3n) is 3.83. The van der Waals surface area contributed by atoms with Crippen LogP contribution in [0.5, 0.6) is 0 Å². The molecule has 2 heterocycles. The Hall–Kier alpha value is -1.07. The van der Waals surface area contributed by atoms with E-state index in [0.717, 1.165) is 31.9 Å². The first kappa shape index (κ1) is 16.3. The molecular weight excluding hydrogens is 264 g/mol. The van der Waals surface area contributed by atoms with E-state index in [-0.39, 0.29) is 11.1 Å². The zero-order valence-corrected chi connectivity index (χ0v) is 14.6. The monoisotopic (exact) mass is 294 g/mol. The molecule has 21 heavy (non-hydrogen) atoms. The highest BCUT2D eigenvalue weighted by molar-refractivity contribution is 5.51. The second-order valence-electron chi connectivity index (χ2n) is 7.64. The van der Waals surface area contributed by atoms with E-state index in [4.69, 9.17) is 4.74 Å². The topological polar surface area (TPSA) is 42.3 Å². The largest absolute Gasteiger partial charge is 0.372 e. The van der Waals surface area contributed by atoms with Crippen molar-refractivity contribution in [3.8, 4) is 0 Å². The molecule has 1 fully saturated rings. The molecule has 5 nitrogen and oxygen atoms in total. The van der Waals surface area contributed by atoms with E-state index < -0.39 is 0 Å². The van der Waals surface area contributed by atoms with Crippen LogP contribution in [0.4, 0.5) is 5.82 Å². The first-order chi connectivity index (χ1) is 9.59. The normalized spacial score (nSPS) is 19.1. The van der Waals surface area contributed by atoms with Gasteiger partial charge in [0.05, 0.1) is 17.9 Å². The quantitative estimate of drug-likeness (QED) is 0.928. The van der Waals surface area contributed by atoms with Gasteiger partial charge in [0, 0.05) is 37.8 Å². The average molecular weight is 294 g/mol. The lowest BCUT2D eigenvalue weighted by Crippen LogP contribution is -2.49. The number of nitrogens with zero attached hydrogens (tertiary/aromatic N) is 3. The van der Waals surface area contributed by atoms with Gasteiger partial charge in [0.15, 0.2) is 0 Å². The van der Waals surface area contributed by atoms with Crippen LogP contribution in [0, 0.1) is 6.92 Å². The fourth-order valence-electron chi connectivity index (χ4n) is 2.84. The van der Waals surface area contributed by atoms with E-state index >= 15 is 0 Å². The first-order valence-electron chi connectivity index (χ1n) is 7.75. The summed E-state index contributed by atoms with van der Waals surface area (Å²) < 4.78 is 7.84. The van der Waals surface area contributed by atoms with Crippen molar-refractivity contribution in [1.29, 1.82) is 0 Å². The molecule has 1 aromatic rings. The molecule has 0 aliphatic carbocycles. The van der Waals surface area contributed by atoms with E-state index in [1.807, 2.05) is 11.7 Å². The van der Waals surface area contributed by atoms with Crippen molar-refractivity contribution in [2.24, 2.45) is 7.05 Å². The highest BCUT2D eigenvalue weighted by atomic mass is 16.5. The van der Waals surface area contributed by atoms with Gasteiger partial charge in [0.2, 0.25) is 0 Å². The van der Waals surface area contributed by atoms with Crippen LogP contribution in [0.1, 0.15) is 45.9 Å². The molecule has 1 N–H and O–H groups in total. The standard InChI is InChI=1S/C16H30N4O/c1-12-13(10-17-15(2,3)4)14(19(7)18-12)20-8-9-21-16(5,6)11-20/h17H,8-11H2,1-7H3. The predicted molar refractivity (Wildman–Crippen MR) is 86.8 cm³/mol. The molecular formula is C16H30N4O. The maximum absolute atomic E-state index is 5.83. The Labute approximate surface area is 128 Å². The molecule has 0 atom stereocenters.